The van der Waals surface area contributed by atoms with Gasteiger partial charge in [-0.25, -0.2) is 13.6 Å². The van der Waals surface area contributed by atoms with Crippen molar-refractivity contribution in [3.05, 3.63) is 35.4 Å². The van der Waals surface area contributed by atoms with Gasteiger partial charge in [0.2, 0.25) is 12.3 Å². The third-order valence-electron chi connectivity index (χ3n) is 6.40. The zero-order chi connectivity index (χ0) is 22.3. The van der Waals surface area contributed by atoms with Crippen LogP contribution in [0, 0.1) is 5.92 Å². The molecule has 8 nitrogen and oxygen atoms in total. The summed E-state index contributed by atoms with van der Waals surface area (Å²) in [4.78, 5) is 37.6. The molecule has 3 atom stereocenters. The highest BCUT2D eigenvalue weighted by Crippen LogP contribution is 2.40. The summed E-state index contributed by atoms with van der Waals surface area (Å²) >= 11 is 0. The molecule has 4 rings (SSSR count). The largest absolute Gasteiger partial charge is 0.378 e. The van der Waals surface area contributed by atoms with Gasteiger partial charge < -0.3 is 26.4 Å². The van der Waals surface area contributed by atoms with Crippen molar-refractivity contribution in [2.75, 3.05) is 13.1 Å². The first kappa shape index (κ1) is 21.5. The molecule has 168 valence electrons. The topological polar surface area (TPSA) is 125 Å². The summed E-state index contributed by atoms with van der Waals surface area (Å²) in [6.45, 7) is -0.432. The van der Waals surface area contributed by atoms with E-state index in [1.165, 1.54) is 0 Å². The van der Waals surface area contributed by atoms with E-state index >= 15 is 0 Å². The van der Waals surface area contributed by atoms with E-state index < -0.39 is 47.9 Å². The van der Waals surface area contributed by atoms with Crippen molar-refractivity contribution in [1.82, 2.24) is 15.5 Å². The molecular formula is C21H26F2N4O4. The number of amides is 4. The number of hydrogen-bond donors (Lipinski definition) is 4. The summed E-state index contributed by atoms with van der Waals surface area (Å²) in [7, 11) is 0. The Morgan fingerprint density at radius 2 is 1.77 bits per heavy atom. The molecule has 1 aliphatic heterocycles. The quantitative estimate of drug-likeness (QED) is 0.509. The molecule has 0 aromatic heterocycles. The summed E-state index contributed by atoms with van der Waals surface area (Å²) < 4.78 is 27.2. The standard InChI is InChI=1S/C21H26F2N4O4/c22-17(23)14-9-27(10-15(14)25-19(30)21(7-8-21)26-20(24)31)18(29)16(28)13-5-3-12(4-6-13)11-1-2-11/h3-6,11,14-17,28H,1-2,7-10H2,(H,25,30)(H3,24,26,31)/t14-,15-,16?/m1/s1. The van der Waals surface area contributed by atoms with E-state index in [1.807, 2.05) is 12.1 Å². The number of benzene rings is 1. The van der Waals surface area contributed by atoms with Gasteiger partial charge in [-0.3, -0.25) is 9.59 Å². The molecule has 2 aliphatic carbocycles. The molecule has 1 aromatic rings. The highest BCUT2D eigenvalue weighted by Gasteiger charge is 2.53. The molecule has 0 spiro atoms. The molecule has 1 unspecified atom stereocenters. The second-order valence-electron chi connectivity index (χ2n) is 8.74. The van der Waals surface area contributed by atoms with E-state index in [4.69, 9.17) is 5.73 Å². The minimum absolute atomic E-state index is 0.149. The number of likely N-dealkylation sites (tertiary alicyclic amines) is 1. The minimum atomic E-state index is -2.77. The van der Waals surface area contributed by atoms with Gasteiger partial charge in [-0.2, -0.15) is 0 Å². The lowest BCUT2D eigenvalue weighted by atomic mass is 10.0. The van der Waals surface area contributed by atoms with Crippen LogP contribution in [-0.4, -0.2) is 58.9 Å². The van der Waals surface area contributed by atoms with Crippen LogP contribution >= 0.6 is 0 Å². The fourth-order valence-corrected chi connectivity index (χ4v) is 4.18. The fourth-order valence-electron chi connectivity index (χ4n) is 4.18. The zero-order valence-corrected chi connectivity index (χ0v) is 16.9. The molecular weight excluding hydrogens is 410 g/mol. The van der Waals surface area contributed by atoms with Gasteiger partial charge in [0.1, 0.15) is 5.54 Å². The lowest BCUT2D eigenvalue weighted by Gasteiger charge is -2.23. The Bertz CT molecular complexity index is 871. The van der Waals surface area contributed by atoms with Crippen LogP contribution in [0.4, 0.5) is 13.6 Å². The third-order valence-corrected chi connectivity index (χ3v) is 6.40. The van der Waals surface area contributed by atoms with E-state index in [0.29, 0.717) is 24.3 Å². The first-order valence-corrected chi connectivity index (χ1v) is 10.4. The van der Waals surface area contributed by atoms with Crippen molar-refractivity contribution in [3.8, 4) is 0 Å². The number of nitrogens with two attached hydrogens (primary N) is 1. The molecule has 5 N–H and O–H groups in total. The van der Waals surface area contributed by atoms with Crippen LogP contribution in [-0.2, 0) is 9.59 Å². The number of urea groups is 1. The first-order valence-electron chi connectivity index (χ1n) is 10.4. The molecule has 1 heterocycles. The average Bonchev–Trinajstić information content (AvgIpc) is 3.65. The predicted octanol–water partition coefficient (Wildman–Crippen LogP) is 1.01. The van der Waals surface area contributed by atoms with E-state index in [9.17, 15) is 28.3 Å². The van der Waals surface area contributed by atoms with E-state index in [0.717, 1.165) is 23.3 Å². The van der Waals surface area contributed by atoms with Crippen LogP contribution in [0.2, 0.25) is 0 Å². The van der Waals surface area contributed by atoms with Crippen molar-refractivity contribution in [1.29, 1.82) is 0 Å². The maximum absolute atomic E-state index is 13.6. The van der Waals surface area contributed by atoms with Gasteiger partial charge in [0, 0.05) is 13.1 Å². The molecule has 4 amide bonds. The van der Waals surface area contributed by atoms with Gasteiger partial charge in [0.15, 0.2) is 6.10 Å². The van der Waals surface area contributed by atoms with Crippen LogP contribution in [0.15, 0.2) is 24.3 Å². The summed E-state index contributed by atoms with van der Waals surface area (Å²) in [6, 6.07) is 5.26. The highest BCUT2D eigenvalue weighted by molar-refractivity contribution is 5.93. The van der Waals surface area contributed by atoms with Gasteiger partial charge >= 0.3 is 6.03 Å². The Hall–Kier alpha value is -2.75. The summed E-state index contributed by atoms with van der Waals surface area (Å²) in [5.74, 6) is -2.01. The van der Waals surface area contributed by atoms with Gasteiger partial charge in [-0.15, -0.1) is 0 Å². The molecule has 1 aromatic carbocycles. The minimum Gasteiger partial charge on any atom is -0.378 e. The second kappa shape index (κ2) is 8.07. The Balaban J connectivity index is 1.41. The fraction of sp³-hybridized carbons (Fsp3) is 0.571. The van der Waals surface area contributed by atoms with Crippen molar-refractivity contribution in [2.24, 2.45) is 11.7 Å². The van der Waals surface area contributed by atoms with Crippen LogP contribution in [0.1, 0.15) is 48.8 Å². The zero-order valence-electron chi connectivity index (χ0n) is 16.9. The number of nitrogens with one attached hydrogen (secondary N) is 2. The number of carbonyl (C=O) groups excluding carboxylic acids is 3. The Morgan fingerprint density at radius 1 is 1.13 bits per heavy atom. The number of nitrogens with zero attached hydrogens (tertiary/aromatic N) is 1. The number of aliphatic hydroxyl groups excluding tert-OH is 1. The van der Waals surface area contributed by atoms with Crippen molar-refractivity contribution < 1.29 is 28.3 Å². The molecule has 10 heteroatoms. The Morgan fingerprint density at radius 3 is 2.29 bits per heavy atom. The van der Waals surface area contributed by atoms with Crippen molar-refractivity contribution in [2.45, 2.75) is 55.7 Å². The summed E-state index contributed by atoms with van der Waals surface area (Å²) in [5, 5.41) is 15.4. The lowest BCUT2D eigenvalue weighted by molar-refractivity contribution is -0.140. The maximum Gasteiger partial charge on any atom is 0.313 e. The number of hydrogen-bond acceptors (Lipinski definition) is 4. The number of rotatable bonds is 7. The normalized spacial score (nSPS) is 25.2. The first-order chi connectivity index (χ1) is 14.7. The molecule has 3 fully saturated rings. The van der Waals surface area contributed by atoms with Crippen LogP contribution in [0.3, 0.4) is 0 Å². The highest BCUT2D eigenvalue weighted by atomic mass is 19.3. The molecule has 31 heavy (non-hydrogen) atoms. The number of primary amides is 1. The van der Waals surface area contributed by atoms with Crippen LogP contribution in [0.5, 0.6) is 0 Å². The third kappa shape index (κ3) is 4.48. The van der Waals surface area contributed by atoms with E-state index in [2.05, 4.69) is 10.6 Å². The van der Waals surface area contributed by atoms with Crippen molar-refractivity contribution >= 4 is 17.8 Å². The SMILES string of the molecule is NC(=O)NC1(C(=O)N[C@@H]2CN(C(=O)C(O)c3ccc(C4CC4)cc3)C[C@H]2C(F)F)CC1. The number of alkyl halides is 2. The monoisotopic (exact) mass is 436 g/mol. The Labute approximate surface area is 178 Å². The van der Waals surface area contributed by atoms with Gasteiger partial charge in [0.25, 0.3) is 5.91 Å². The summed E-state index contributed by atoms with van der Waals surface area (Å²) in [6.07, 6.45) is -1.23. The molecule has 2 saturated carbocycles. The number of halogens is 2. The predicted molar refractivity (Wildman–Crippen MR) is 106 cm³/mol. The molecule has 1 saturated heterocycles. The number of carbonyl (C=O) groups is 3. The lowest BCUT2D eigenvalue weighted by Crippen LogP contribution is -2.55. The van der Waals surface area contributed by atoms with Gasteiger partial charge in [-0.1, -0.05) is 24.3 Å². The van der Waals surface area contributed by atoms with Crippen LogP contribution < -0.4 is 16.4 Å². The van der Waals surface area contributed by atoms with Crippen molar-refractivity contribution in [3.63, 3.8) is 0 Å². The number of aliphatic hydroxyl groups is 1. The second-order valence-corrected chi connectivity index (χ2v) is 8.74. The molecule has 3 aliphatic rings. The van der Waals surface area contributed by atoms with Gasteiger partial charge in [0.05, 0.1) is 12.0 Å². The summed E-state index contributed by atoms with van der Waals surface area (Å²) in [5.41, 5.74) is 5.48. The van der Waals surface area contributed by atoms with Gasteiger partial charge in [-0.05, 0) is 42.7 Å². The smallest absolute Gasteiger partial charge is 0.313 e. The maximum atomic E-state index is 13.6. The molecule has 0 bridgehead atoms. The molecule has 0 radical (unpaired) electrons. The van der Waals surface area contributed by atoms with Crippen LogP contribution in [0.25, 0.3) is 0 Å². The van der Waals surface area contributed by atoms with E-state index in [1.54, 1.807) is 12.1 Å². The Kier molecular flexibility index (Phi) is 5.59. The average molecular weight is 436 g/mol. The van der Waals surface area contributed by atoms with E-state index in [-0.39, 0.29) is 13.1 Å².